The zero-order chi connectivity index (χ0) is 13.5. The molecule has 0 unspecified atom stereocenters. The summed E-state index contributed by atoms with van der Waals surface area (Å²) in [6.45, 7) is 2.11. The highest BCUT2D eigenvalue weighted by Gasteiger charge is 2.40. The average molecular weight is 306 g/mol. The predicted molar refractivity (Wildman–Crippen MR) is 87.5 cm³/mol. The SMILES string of the molecule is Clc1c(CNCC(C2CC2)C2CC2)sc2ccccc12. The molecule has 0 spiro atoms. The van der Waals surface area contributed by atoms with Crippen molar-refractivity contribution in [1.29, 1.82) is 0 Å². The van der Waals surface area contributed by atoms with E-state index in [1.807, 2.05) is 11.3 Å². The summed E-state index contributed by atoms with van der Waals surface area (Å²) in [6.07, 6.45) is 5.86. The van der Waals surface area contributed by atoms with E-state index < -0.39 is 0 Å². The van der Waals surface area contributed by atoms with Gasteiger partial charge in [-0.25, -0.2) is 0 Å². The second-order valence-electron chi connectivity index (χ2n) is 6.30. The standard InChI is InChI=1S/C17H20ClNS/c18-17-13-3-1-2-4-15(13)20-16(17)10-19-9-14(11-5-6-11)12-7-8-12/h1-4,11-12,14,19H,5-10H2. The molecule has 0 aliphatic heterocycles. The summed E-state index contributed by atoms with van der Waals surface area (Å²) in [5.74, 6) is 2.98. The Hall–Kier alpha value is -0.570. The van der Waals surface area contributed by atoms with E-state index in [0.717, 1.165) is 29.3 Å². The van der Waals surface area contributed by atoms with Gasteiger partial charge in [0.2, 0.25) is 0 Å². The predicted octanol–water partition coefficient (Wildman–Crippen LogP) is 5.08. The molecule has 2 fully saturated rings. The van der Waals surface area contributed by atoms with Crippen molar-refractivity contribution < 1.29 is 0 Å². The Morgan fingerprint density at radius 3 is 2.50 bits per heavy atom. The average Bonchev–Trinajstić information content (AvgIpc) is 3.36. The summed E-state index contributed by atoms with van der Waals surface area (Å²) >= 11 is 8.32. The second kappa shape index (κ2) is 5.32. The summed E-state index contributed by atoms with van der Waals surface area (Å²) in [4.78, 5) is 1.29. The number of thiophene rings is 1. The van der Waals surface area contributed by atoms with Gasteiger partial charge in [0.25, 0.3) is 0 Å². The number of hydrogen-bond acceptors (Lipinski definition) is 2. The smallest absolute Gasteiger partial charge is 0.0636 e. The van der Waals surface area contributed by atoms with E-state index >= 15 is 0 Å². The molecule has 1 N–H and O–H groups in total. The molecule has 0 bridgehead atoms. The van der Waals surface area contributed by atoms with Crippen molar-refractivity contribution in [3.63, 3.8) is 0 Å². The molecule has 2 saturated carbocycles. The van der Waals surface area contributed by atoms with Crippen LogP contribution in [0.15, 0.2) is 24.3 Å². The highest BCUT2D eigenvalue weighted by molar-refractivity contribution is 7.19. The highest BCUT2D eigenvalue weighted by atomic mass is 35.5. The lowest BCUT2D eigenvalue weighted by Crippen LogP contribution is -2.25. The first-order chi connectivity index (χ1) is 9.83. The molecule has 0 radical (unpaired) electrons. The number of nitrogens with one attached hydrogen (secondary N) is 1. The minimum atomic E-state index is 0.925. The Kier molecular flexibility index (Phi) is 3.49. The lowest BCUT2D eigenvalue weighted by Gasteiger charge is -2.15. The van der Waals surface area contributed by atoms with Crippen molar-refractivity contribution in [2.24, 2.45) is 17.8 Å². The molecule has 20 heavy (non-hydrogen) atoms. The Balaban J connectivity index is 1.41. The second-order valence-corrected chi connectivity index (χ2v) is 7.82. The minimum absolute atomic E-state index is 0.925. The number of rotatable bonds is 6. The van der Waals surface area contributed by atoms with Crippen molar-refractivity contribution in [1.82, 2.24) is 5.32 Å². The third-order valence-electron chi connectivity index (χ3n) is 4.72. The van der Waals surface area contributed by atoms with Crippen molar-refractivity contribution in [2.75, 3.05) is 6.54 Å². The van der Waals surface area contributed by atoms with Gasteiger partial charge in [-0.1, -0.05) is 29.8 Å². The van der Waals surface area contributed by atoms with Crippen molar-refractivity contribution >= 4 is 33.0 Å². The lowest BCUT2D eigenvalue weighted by atomic mass is 9.98. The van der Waals surface area contributed by atoms with E-state index in [-0.39, 0.29) is 0 Å². The van der Waals surface area contributed by atoms with E-state index in [2.05, 4.69) is 29.6 Å². The van der Waals surface area contributed by atoms with Crippen molar-refractivity contribution in [3.05, 3.63) is 34.2 Å². The fourth-order valence-corrected chi connectivity index (χ4v) is 4.77. The quantitative estimate of drug-likeness (QED) is 0.784. The van der Waals surface area contributed by atoms with Gasteiger partial charge in [-0.3, -0.25) is 0 Å². The van der Waals surface area contributed by atoms with E-state index in [9.17, 15) is 0 Å². The molecule has 4 rings (SSSR count). The molecule has 0 saturated heterocycles. The maximum Gasteiger partial charge on any atom is 0.0636 e. The van der Waals surface area contributed by atoms with Gasteiger partial charge in [-0.05, 0) is 56.0 Å². The third-order valence-corrected chi connectivity index (χ3v) is 6.44. The molecule has 1 heterocycles. The molecule has 1 aromatic heterocycles. The van der Waals surface area contributed by atoms with Crippen LogP contribution in [0.2, 0.25) is 5.02 Å². The van der Waals surface area contributed by atoms with Crippen molar-refractivity contribution in [3.8, 4) is 0 Å². The van der Waals surface area contributed by atoms with Crippen LogP contribution in [-0.2, 0) is 6.54 Å². The first-order valence-electron chi connectivity index (χ1n) is 7.69. The van der Waals surface area contributed by atoms with Crippen molar-refractivity contribution in [2.45, 2.75) is 32.2 Å². The first kappa shape index (κ1) is 13.1. The van der Waals surface area contributed by atoms with Crippen LogP contribution in [0.3, 0.4) is 0 Å². The first-order valence-corrected chi connectivity index (χ1v) is 8.89. The summed E-state index contributed by atoms with van der Waals surface area (Å²) in [6, 6.07) is 8.43. The van der Waals surface area contributed by atoms with Gasteiger partial charge in [0, 0.05) is 21.5 Å². The van der Waals surface area contributed by atoms with Crippen LogP contribution in [0.1, 0.15) is 30.6 Å². The van der Waals surface area contributed by atoms with Gasteiger partial charge in [0.1, 0.15) is 0 Å². The summed E-state index contributed by atoms with van der Waals surface area (Å²) in [5.41, 5.74) is 0. The Bertz CT molecular complexity index is 600. The topological polar surface area (TPSA) is 12.0 Å². The molecule has 2 aliphatic rings. The van der Waals surface area contributed by atoms with Crippen LogP contribution in [0.5, 0.6) is 0 Å². The van der Waals surface area contributed by atoms with Crippen LogP contribution < -0.4 is 5.32 Å². The summed E-state index contributed by atoms with van der Waals surface area (Å²) < 4.78 is 1.30. The number of fused-ring (bicyclic) bond motifs is 1. The normalized spacial score (nSPS) is 19.1. The molecule has 2 aromatic rings. The van der Waals surface area contributed by atoms with Crippen LogP contribution in [0, 0.1) is 17.8 Å². The zero-order valence-electron chi connectivity index (χ0n) is 11.6. The molecular formula is C17H20ClNS. The molecule has 106 valence electrons. The Morgan fingerprint density at radius 1 is 1.15 bits per heavy atom. The molecule has 3 heteroatoms. The molecule has 0 atom stereocenters. The molecule has 2 aliphatic carbocycles. The monoisotopic (exact) mass is 305 g/mol. The van der Waals surface area contributed by atoms with E-state index in [1.165, 1.54) is 47.2 Å². The van der Waals surface area contributed by atoms with Gasteiger partial charge < -0.3 is 5.32 Å². The lowest BCUT2D eigenvalue weighted by molar-refractivity contribution is 0.379. The van der Waals surface area contributed by atoms with E-state index in [1.54, 1.807) is 0 Å². The maximum atomic E-state index is 6.49. The largest absolute Gasteiger partial charge is 0.312 e. The van der Waals surface area contributed by atoms with Crippen LogP contribution in [0.4, 0.5) is 0 Å². The van der Waals surface area contributed by atoms with Gasteiger partial charge in [0.15, 0.2) is 0 Å². The number of halogens is 1. The minimum Gasteiger partial charge on any atom is -0.312 e. The van der Waals surface area contributed by atoms with Crippen LogP contribution in [0.25, 0.3) is 10.1 Å². The van der Waals surface area contributed by atoms with E-state index in [0.29, 0.717) is 0 Å². The molecule has 1 nitrogen and oxygen atoms in total. The number of hydrogen-bond donors (Lipinski definition) is 1. The van der Waals surface area contributed by atoms with Gasteiger partial charge in [-0.15, -0.1) is 11.3 Å². The Morgan fingerprint density at radius 2 is 1.85 bits per heavy atom. The van der Waals surface area contributed by atoms with Gasteiger partial charge in [0.05, 0.1) is 5.02 Å². The van der Waals surface area contributed by atoms with Crippen LogP contribution >= 0.6 is 22.9 Å². The fraction of sp³-hybridized carbons (Fsp3) is 0.529. The van der Waals surface area contributed by atoms with Gasteiger partial charge >= 0.3 is 0 Å². The fourth-order valence-electron chi connectivity index (χ4n) is 3.30. The Labute approximate surface area is 129 Å². The summed E-state index contributed by atoms with van der Waals surface area (Å²) in [7, 11) is 0. The molecule has 1 aromatic carbocycles. The highest BCUT2D eigenvalue weighted by Crippen LogP contribution is 2.48. The maximum absolute atomic E-state index is 6.49. The number of benzene rings is 1. The van der Waals surface area contributed by atoms with E-state index in [4.69, 9.17) is 11.6 Å². The molecular weight excluding hydrogens is 286 g/mol. The summed E-state index contributed by atoms with van der Waals surface area (Å²) in [5, 5.41) is 5.83. The molecule has 0 amide bonds. The van der Waals surface area contributed by atoms with Gasteiger partial charge in [-0.2, -0.15) is 0 Å². The van der Waals surface area contributed by atoms with Crippen LogP contribution in [-0.4, -0.2) is 6.54 Å². The third kappa shape index (κ3) is 2.61. The zero-order valence-corrected chi connectivity index (χ0v) is 13.1.